The van der Waals surface area contributed by atoms with Crippen molar-refractivity contribution in [1.82, 2.24) is 0 Å². The predicted molar refractivity (Wildman–Crippen MR) is 157 cm³/mol. The summed E-state index contributed by atoms with van der Waals surface area (Å²) in [4.78, 5) is 37.2. The van der Waals surface area contributed by atoms with E-state index in [2.05, 4.69) is 20.8 Å². The number of ether oxygens (including phenoxy) is 3. The van der Waals surface area contributed by atoms with E-state index in [1.165, 1.54) is 6.92 Å². The molecule has 224 valence electrons. The minimum atomic E-state index is -0.221. The Morgan fingerprint density at radius 1 is 1.00 bits per heavy atom. The molecule has 4 aliphatic carbocycles. The summed E-state index contributed by atoms with van der Waals surface area (Å²) in [5.74, 6) is 0.903. The average molecular weight is 565 g/mol. The summed E-state index contributed by atoms with van der Waals surface area (Å²) in [5, 5.41) is 0. The number of hydrogen-bond donors (Lipinski definition) is 0. The van der Waals surface area contributed by atoms with E-state index in [0.29, 0.717) is 36.3 Å². The molecule has 0 saturated heterocycles. The Morgan fingerprint density at radius 2 is 1.76 bits per heavy atom. The van der Waals surface area contributed by atoms with Crippen LogP contribution in [0.5, 0.6) is 0 Å². The van der Waals surface area contributed by atoms with Gasteiger partial charge >= 0.3 is 17.9 Å². The third kappa shape index (κ3) is 5.72. The molecule has 6 heteroatoms. The molecule has 0 spiro atoms. The first-order valence-electron chi connectivity index (χ1n) is 15.9. The van der Waals surface area contributed by atoms with Crippen LogP contribution in [0, 0.1) is 34.5 Å². The first-order chi connectivity index (χ1) is 19.6. The maximum atomic E-state index is 12.8. The van der Waals surface area contributed by atoms with Gasteiger partial charge in [0.15, 0.2) is 0 Å². The Hall–Kier alpha value is -2.63. The van der Waals surface area contributed by atoms with Crippen molar-refractivity contribution in [1.29, 1.82) is 0 Å². The predicted octanol–water partition coefficient (Wildman–Crippen LogP) is 7.46. The summed E-state index contributed by atoms with van der Waals surface area (Å²) in [6.45, 7) is 10.9. The van der Waals surface area contributed by atoms with Crippen LogP contribution in [-0.2, 0) is 23.8 Å². The smallest absolute Gasteiger partial charge is 0.338 e. The second-order valence-electron chi connectivity index (χ2n) is 13.6. The molecule has 4 aliphatic rings. The third-order valence-electron chi connectivity index (χ3n) is 11.4. The van der Waals surface area contributed by atoms with Gasteiger partial charge in [-0.3, -0.25) is 9.59 Å². The highest BCUT2D eigenvalue weighted by Gasteiger charge is 2.60. The minimum Gasteiger partial charge on any atom is -0.466 e. The van der Waals surface area contributed by atoms with Crippen molar-refractivity contribution in [2.75, 3.05) is 6.61 Å². The van der Waals surface area contributed by atoms with Gasteiger partial charge in [0.2, 0.25) is 0 Å². The molecule has 6 nitrogen and oxygen atoms in total. The molecule has 1 aromatic carbocycles. The highest BCUT2D eigenvalue weighted by molar-refractivity contribution is 5.89. The number of esters is 3. The van der Waals surface area contributed by atoms with E-state index < -0.39 is 0 Å². The van der Waals surface area contributed by atoms with Crippen molar-refractivity contribution < 1.29 is 28.6 Å². The zero-order valence-corrected chi connectivity index (χ0v) is 25.6. The van der Waals surface area contributed by atoms with Gasteiger partial charge in [0.25, 0.3) is 0 Å². The van der Waals surface area contributed by atoms with E-state index in [9.17, 15) is 14.4 Å². The SMILES string of the molecule is CCOC(=O)CC[C@@H](C)[C@H]1C[C@H](OC(C)=O)[C@H]2C3=C(CC[C@]12C)[C@@]1(C)CC[C@H](OC(=O)c2ccccc2)C[C@@H]1CC3. The minimum absolute atomic E-state index is 0.0401. The Labute approximate surface area is 245 Å². The quantitative estimate of drug-likeness (QED) is 0.185. The monoisotopic (exact) mass is 564 g/mol. The molecule has 0 radical (unpaired) electrons. The summed E-state index contributed by atoms with van der Waals surface area (Å²) in [6.07, 6.45) is 9.02. The van der Waals surface area contributed by atoms with E-state index >= 15 is 0 Å². The molecule has 0 aliphatic heterocycles. The van der Waals surface area contributed by atoms with Crippen LogP contribution in [0.1, 0.15) is 109 Å². The fourth-order valence-electron chi connectivity index (χ4n) is 9.39. The zero-order valence-electron chi connectivity index (χ0n) is 25.6. The molecule has 5 rings (SSSR count). The van der Waals surface area contributed by atoms with Crippen LogP contribution in [0.2, 0.25) is 0 Å². The highest BCUT2D eigenvalue weighted by Crippen LogP contribution is 2.66. The molecular weight excluding hydrogens is 516 g/mol. The summed E-state index contributed by atoms with van der Waals surface area (Å²) in [5.41, 5.74) is 3.90. The summed E-state index contributed by atoms with van der Waals surface area (Å²) >= 11 is 0. The standard InChI is InChI=1S/C35H48O6/c1-6-39-31(37)15-12-22(2)29-21-30(40-23(3)36)32-27-14-13-25-20-26(41-33(38)24-10-8-7-9-11-24)16-18-34(25,4)28(27)17-19-35(29,32)5/h7-11,22,25-26,29-30,32H,6,12-21H2,1-5H3/t22-,25+,26+,29-,30+,32-,34+,35-/m1/s1. The number of hydrogen-bond acceptors (Lipinski definition) is 6. The van der Waals surface area contributed by atoms with Crippen LogP contribution in [0.3, 0.4) is 0 Å². The lowest BCUT2D eigenvalue weighted by Gasteiger charge is -2.55. The molecule has 2 saturated carbocycles. The van der Waals surface area contributed by atoms with Crippen LogP contribution in [-0.4, -0.2) is 36.7 Å². The van der Waals surface area contributed by atoms with Crippen LogP contribution in [0.25, 0.3) is 0 Å². The number of benzene rings is 1. The van der Waals surface area contributed by atoms with Gasteiger partial charge < -0.3 is 14.2 Å². The molecule has 2 fully saturated rings. The van der Waals surface area contributed by atoms with Crippen molar-refractivity contribution in [2.24, 2.45) is 34.5 Å². The van der Waals surface area contributed by atoms with Gasteiger partial charge in [-0.15, -0.1) is 0 Å². The van der Waals surface area contributed by atoms with Crippen LogP contribution < -0.4 is 0 Å². The molecule has 41 heavy (non-hydrogen) atoms. The third-order valence-corrected chi connectivity index (χ3v) is 11.4. The molecular formula is C35H48O6. The first kappa shape index (κ1) is 29.8. The number of carbonyl (C=O) groups excluding carboxylic acids is 3. The normalized spacial score (nSPS) is 35.0. The molecule has 8 atom stereocenters. The van der Waals surface area contributed by atoms with Gasteiger partial charge in [-0.2, -0.15) is 0 Å². The summed E-state index contributed by atoms with van der Waals surface area (Å²) < 4.78 is 17.3. The number of rotatable bonds is 8. The van der Waals surface area contributed by atoms with Crippen LogP contribution in [0.15, 0.2) is 41.5 Å². The fourth-order valence-corrected chi connectivity index (χ4v) is 9.39. The molecule has 0 aromatic heterocycles. The number of allylic oxidation sites excluding steroid dienone is 1. The lowest BCUT2D eigenvalue weighted by Crippen LogP contribution is -2.47. The van der Waals surface area contributed by atoms with Crippen molar-refractivity contribution in [3.63, 3.8) is 0 Å². The van der Waals surface area contributed by atoms with Gasteiger partial charge in [0, 0.05) is 19.3 Å². The van der Waals surface area contributed by atoms with Gasteiger partial charge in [0.1, 0.15) is 12.2 Å². The average Bonchev–Trinajstić information content (AvgIpc) is 3.24. The van der Waals surface area contributed by atoms with Crippen molar-refractivity contribution in [3.8, 4) is 0 Å². The maximum absolute atomic E-state index is 12.8. The summed E-state index contributed by atoms with van der Waals surface area (Å²) in [7, 11) is 0. The van der Waals surface area contributed by atoms with Gasteiger partial charge in [-0.1, -0.05) is 50.1 Å². The first-order valence-corrected chi connectivity index (χ1v) is 15.9. The Kier molecular flexibility index (Phi) is 8.69. The molecule has 0 amide bonds. The fraction of sp³-hybridized carbons (Fsp3) is 0.686. The Bertz CT molecular complexity index is 1170. The van der Waals surface area contributed by atoms with Crippen molar-refractivity contribution in [3.05, 3.63) is 47.0 Å². The number of carbonyl (C=O) groups is 3. The van der Waals surface area contributed by atoms with Crippen LogP contribution >= 0.6 is 0 Å². The lowest BCUT2D eigenvalue weighted by atomic mass is 9.50. The maximum Gasteiger partial charge on any atom is 0.338 e. The van der Waals surface area contributed by atoms with E-state index in [-0.39, 0.29) is 46.9 Å². The molecule has 1 aromatic rings. The zero-order chi connectivity index (χ0) is 29.4. The largest absolute Gasteiger partial charge is 0.466 e. The van der Waals surface area contributed by atoms with Gasteiger partial charge in [0.05, 0.1) is 12.2 Å². The van der Waals surface area contributed by atoms with E-state index in [1.807, 2.05) is 37.3 Å². The molecule has 0 N–H and O–H groups in total. The van der Waals surface area contributed by atoms with Gasteiger partial charge in [-0.05, 0) is 105 Å². The summed E-state index contributed by atoms with van der Waals surface area (Å²) in [6, 6.07) is 9.29. The molecule has 0 heterocycles. The second-order valence-corrected chi connectivity index (χ2v) is 13.6. The van der Waals surface area contributed by atoms with Gasteiger partial charge in [-0.25, -0.2) is 4.79 Å². The van der Waals surface area contributed by atoms with Crippen molar-refractivity contribution >= 4 is 17.9 Å². The number of fused-ring (bicyclic) bond motifs is 4. The Balaban J connectivity index is 1.35. The molecule has 0 bridgehead atoms. The van der Waals surface area contributed by atoms with E-state index in [0.717, 1.165) is 57.8 Å². The lowest BCUT2D eigenvalue weighted by molar-refractivity contribution is -0.148. The van der Waals surface area contributed by atoms with E-state index in [4.69, 9.17) is 14.2 Å². The highest BCUT2D eigenvalue weighted by atomic mass is 16.5. The van der Waals surface area contributed by atoms with Crippen LogP contribution in [0.4, 0.5) is 0 Å². The molecule has 0 unspecified atom stereocenters. The second kappa shape index (κ2) is 11.9. The Morgan fingerprint density at radius 3 is 2.46 bits per heavy atom. The van der Waals surface area contributed by atoms with E-state index in [1.54, 1.807) is 11.1 Å². The topological polar surface area (TPSA) is 78.9 Å². The van der Waals surface area contributed by atoms with Crippen molar-refractivity contribution in [2.45, 2.75) is 111 Å².